The lowest BCUT2D eigenvalue weighted by Crippen LogP contribution is -1.92. The van der Waals surface area contributed by atoms with Crippen LogP contribution in [0.5, 0.6) is 5.75 Å². The molecule has 0 unspecified atom stereocenters. The van der Waals surface area contributed by atoms with Gasteiger partial charge in [-0.25, -0.2) is 0 Å². The molecular formula is C15H18O. The molecule has 0 heterocycles. The van der Waals surface area contributed by atoms with Gasteiger partial charge in [-0.2, -0.15) is 0 Å². The summed E-state index contributed by atoms with van der Waals surface area (Å²) in [5.41, 5.74) is 4.03. The number of hydrogen-bond acceptors (Lipinski definition) is 1. The molecular weight excluding hydrogens is 196 g/mol. The van der Waals surface area contributed by atoms with E-state index in [-0.39, 0.29) is 0 Å². The van der Waals surface area contributed by atoms with E-state index >= 15 is 0 Å². The Kier molecular flexibility index (Phi) is 3.45. The third kappa shape index (κ3) is 2.54. The van der Waals surface area contributed by atoms with Crippen LogP contribution in [0.4, 0.5) is 0 Å². The van der Waals surface area contributed by atoms with Gasteiger partial charge in [0, 0.05) is 0 Å². The highest BCUT2D eigenvalue weighted by atomic mass is 16.5. The second kappa shape index (κ2) is 5.02. The molecule has 0 spiro atoms. The normalized spacial score (nSPS) is 14.7. The zero-order chi connectivity index (χ0) is 11.4. The fraction of sp³-hybridized carbons (Fsp3) is 0.333. The van der Waals surface area contributed by atoms with E-state index in [9.17, 15) is 0 Å². The quantitative estimate of drug-likeness (QED) is 0.738. The fourth-order valence-corrected chi connectivity index (χ4v) is 2.10. The van der Waals surface area contributed by atoms with Gasteiger partial charge in [0.1, 0.15) is 5.75 Å². The summed E-state index contributed by atoms with van der Waals surface area (Å²) in [5, 5.41) is 0. The second-order valence-corrected chi connectivity index (χ2v) is 4.25. The van der Waals surface area contributed by atoms with E-state index in [4.69, 9.17) is 4.74 Å². The van der Waals surface area contributed by atoms with Crippen LogP contribution in [0.2, 0.25) is 0 Å². The minimum Gasteiger partial charge on any atom is -0.497 e. The Labute approximate surface area is 97.4 Å². The maximum atomic E-state index is 5.14. The summed E-state index contributed by atoms with van der Waals surface area (Å²) in [6.07, 6.45) is 6.99. The van der Waals surface area contributed by atoms with Crippen LogP contribution >= 0.6 is 0 Å². The highest BCUT2D eigenvalue weighted by molar-refractivity contribution is 5.37. The Morgan fingerprint density at radius 3 is 2.62 bits per heavy atom. The SMILES string of the molecule is C=C(Cc1ccc(OC)cc1)C1=CCCC1. The van der Waals surface area contributed by atoms with Crippen LogP contribution < -0.4 is 4.74 Å². The molecule has 1 aliphatic rings. The molecule has 0 atom stereocenters. The molecule has 0 saturated heterocycles. The zero-order valence-electron chi connectivity index (χ0n) is 9.83. The summed E-state index contributed by atoms with van der Waals surface area (Å²) >= 11 is 0. The molecule has 1 aromatic rings. The van der Waals surface area contributed by atoms with Gasteiger partial charge in [-0.05, 0) is 54.5 Å². The van der Waals surface area contributed by atoms with Crippen LogP contribution in [0, 0.1) is 0 Å². The van der Waals surface area contributed by atoms with Gasteiger partial charge < -0.3 is 4.74 Å². The number of rotatable bonds is 4. The van der Waals surface area contributed by atoms with Gasteiger partial charge in [0.2, 0.25) is 0 Å². The summed E-state index contributed by atoms with van der Waals surface area (Å²) in [4.78, 5) is 0. The lowest BCUT2D eigenvalue weighted by Gasteiger charge is -2.07. The van der Waals surface area contributed by atoms with Crippen molar-refractivity contribution in [2.24, 2.45) is 0 Å². The van der Waals surface area contributed by atoms with Crippen molar-refractivity contribution in [2.45, 2.75) is 25.7 Å². The smallest absolute Gasteiger partial charge is 0.118 e. The maximum Gasteiger partial charge on any atom is 0.118 e. The molecule has 0 saturated carbocycles. The minimum atomic E-state index is 0.912. The molecule has 1 nitrogen and oxygen atoms in total. The van der Waals surface area contributed by atoms with E-state index in [0.717, 1.165) is 12.2 Å². The van der Waals surface area contributed by atoms with Crippen molar-refractivity contribution in [1.82, 2.24) is 0 Å². The maximum absolute atomic E-state index is 5.14. The second-order valence-electron chi connectivity index (χ2n) is 4.25. The van der Waals surface area contributed by atoms with E-state index in [1.54, 1.807) is 7.11 Å². The Morgan fingerprint density at radius 1 is 1.31 bits per heavy atom. The van der Waals surface area contributed by atoms with Crippen molar-refractivity contribution in [3.05, 3.63) is 53.6 Å². The van der Waals surface area contributed by atoms with Crippen molar-refractivity contribution in [1.29, 1.82) is 0 Å². The topological polar surface area (TPSA) is 9.23 Å². The van der Waals surface area contributed by atoms with Crippen LogP contribution in [-0.2, 0) is 6.42 Å². The highest BCUT2D eigenvalue weighted by Gasteiger charge is 2.08. The van der Waals surface area contributed by atoms with Gasteiger partial charge in [0.05, 0.1) is 7.11 Å². The number of allylic oxidation sites excluding steroid dienone is 3. The third-order valence-electron chi connectivity index (χ3n) is 3.07. The molecule has 16 heavy (non-hydrogen) atoms. The lowest BCUT2D eigenvalue weighted by atomic mass is 9.99. The monoisotopic (exact) mass is 214 g/mol. The Bertz CT molecular complexity index is 398. The fourth-order valence-electron chi connectivity index (χ4n) is 2.10. The number of ether oxygens (including phenoxy) is 1. The van der Waals surface area contributed by atoms with Gasteiger partial charge in [0.15, 0.2) is 0 Å². The Balaban J connectivity index is 2.00. The van der Waals surface area contributed by atoms with E-state index in [1.807, 2.05) is 12.1 Å². The molecule has 0 amide bonds. The van der Waals surface area contributed by atoms with Crippen molar-refractivity contribution in [3.8, 4) is 5.75 Å². The molecule has 0 radical (unpaired) electrons. The largest absolute Gasteiger partial charge is 0.497 e. The summed E-state index contributed by atoms with van der Waals surface area (Å²) in [5.74, 6) is 0.912. The Morgan fingerprint density at radius 2 is 2.06 bits per heavy atom. The van der Waals surface area contributed by atoms with Crippen molar-refractivity contribution in [2.75, 3.05) is 7.11 Å². The van der Waals surface area contributed by atoms with Crippen molar-refractivity contribution >= 4 is 0 Å². The predicted octanol–water partition coefficient (Wildman–Crippen LogP) is 3.90. The average molecular weight is 214 g/mol. The molecule has 84 valence electrons. The van der Waals surface area contributed by atoms with E-state index < -0.39 is 0 Å². The summed E-state index contributed by atoms with van der Waals surface area (Å²) in [7, 11) is 1.69. The van der Waals surface area contributed by atoms with Crippen molar-refractivity contribution in [3.63, 3.8) is 0 Å². The van der Waals surface area contributed by atoms with E-state index in [2.05, 4.69) is 24.8 Å². The summed E-state index contributed by atoms with van der Waals surface area (Å²) in [6.45, 7) is 4.18. The van der Waals surface area contributed by atoms with Crippen LogP contribution in [0.1, 0.15) is 24.8 Å². The number of methoxy groups -OCH3 is 1. The molecule has 2 rings (SSSR count). The Hall–Kier alpha value is -1.50. The molecule has 1 heteroatoms. The van der Waals surface area contributed by atoms with Crippen molar-refractivity contribution < 1.29 is 4.74 Å². The highest BCUT2D eigenvalue weighted by Crippen LogP contribution is 2.26. The first-order chi connectivity index (χ1) is 7.79. The van der Waals surface area contributed by atoms with Gasteiger partial charge in [-0.1, -0.05) is 24.8 Å². The summed E-state index contributed by atoms with van der Waals surface area (Å²) < 4.78 is 5.14. The lowest BCUT2D eigenvalue weighted by molar-refractivity contribution is 0.414. The minimum absolute atomic E-state index is 0.912. The van der Waals surface area contributed by atoms with Gasteiger partial charge in [-0.3, -0.25) is 0 Å². The molecule has 1 aromatic carbocycles. The zero-order valence-corrected chi connectivity index (χ0v) is 9.83. The molecule has 1 aliphatic carbocycles. The number of benzene rings is 1. The van der Waals surface area contributed by atoms with Crippen LogP contribution in [0.3, 0.4) is 0 Å². The van der Waals surface area contributed by atoms with Crippen LogP contribution in [-0.4, -0.2) is 7.11 Å². The van der Waals surface area contributed by atoms with Gasteiger partial charge in [-0.15, -0.1) is 0 Å². The standard InChI is InChI=1S/C15H18O/c1-12(14-5-3-4-6-14)11-13-7-9-15(16-2)10-8-13/h5,7-10H,1,3-4,6,11H2,2H3. The first-order valence-electron chi connectivity index (χ1n) is 5.79. The first kappa shape index (κ1) is 11.0. The molecule has 0 fully saturated rings. The predicted molar refractivity (Wildman–Crippen MR) is 67.8 cm³/mol. The van der Waals surface area contributed by atoms with Gasteiger partial charge >= 0.3 is 0 Å². The third-order valence-corrected chi connectivity index (χ3v) is 3.07. The summed E-state index contributed by atoms with van der Waals surface area (Å²) in [6, 6.07) is 8.23. The molecule has 0 N–H and O–H groups in total. The molecule has 0 aromatic heterocycles. The van der Waals surface area contributed by atoms with Crippen LogP contribution in [0.25, 0.3) is 0 Å². The van der Waals surface area contributed by atoms with E-state index in [0.29, 0.717) is 0 Å². The van der Waals surface area contributed by atoms with Gasteiger partial charge in [0.25, 0.3) is 0 Å². The average Bonchev–Trinajstić information content (AvgIpc) is 2.83. The first-order valence-corrected chi connectivity index (χ1v) is 5.79. The number of hydrogen-bond donors (Lipinski definition) is 0. The molecule has 0 aliphatic heterocycles. The van der Waals surface area contributed by atoms with E-state index in [1.165, 1.54) is 36.0 Å². The van der Waals surface area contributed by atoms with Crippen LogP contribution in [0.15, 0.2) is 48.1 Å². The molecule has 0 bridgehead atoms.